The molecule has 1 saturated carbocycles. The number of hydrogen-bond acceptors (Lipinski definition) is 2. The van der Waals surface area contributed by atoms with E-state index in [1.807, 2.05) is 13.8 Å². The second kappa shape index (κ2) is 4.89. The van der Waals surface area contributed by atoms with Gasteiger partial charge in [-0.05, 0) is 43.9 Å². The van der Waals surface area contributed by atoms with Crippen LogP contribution in [0.15, 0.2) is 0 Å². The molecule has 1 rings (SSSR count). The van der Waals surface area contributed by atoms with Gasteiger partial charge in [0, 0.05) is 5.92 Å². The maximum atomic E-state index is 10.3. The first kappa shape index (κ1) is 15.0. The lowest BCUT2D eigenvalue weighted by atomic mass is 9.56. The molecule has 0 bridgehead atoms. The van der Waals surface area contributed by atoms with Gasteiger partial charge in [0.25, 0.3) is 0 Å². The van der Waals surface area contributed by atoms with Gasteiger partial charge in [0.05, 0.1) is 11.7 Å². The highest BCUT2D eigenvalue weighted by Gasteiger charge is 2.48. The summed E-state index contributed by atoms with van der Waals surface area (Å²) in [5, 5.41) is 20.5. The van der Waals surface area contributed by atoms with Crippen molar-refractivity contribution in [1.82, 2.24) is 0 Å². The maximum Gasteiger partial charge on any atom is 0.0644 e. The summed E-state index contributed by atoms with van der Waals surface area (Å²) in [5.41, 5.74) is -0.559. The number of hydrogen-bond donors (Lipinski definition) is 2. The highest BCUT2D eigenvalue weighted by Crippen LogP contribution is 2.51. The van der Waals surface area contributed by atoms with Gasteiger partial charge in [0.2, 0.25) is 0 Å². The highest BCUT2D eigenvalue weighted by atomic mass is 16.3. The summed E-state index contributed by atoms with van der Waals surface area (Å²) in [4.78, 5) is 0. The second-order valence-electron chi connectivity index (χ2n) is 7.13. The largest absolute Gasteiger partial charge is 0.393 e. The van der Waals surface area contributed by atoms with Crippen LogP contribution in [-0.4, -0.2) is 21.9 Å². The molecule has 0 aromatic rings. The maximum absolute atomic E-state index is 10.3. The van der Waals surface area contributed by atoms with Crippen LogP contribution in [0.3, 0.4) is 0 Å². The van der Waals surface area contributed by atoms with Crippen LogP contribution in [0.1, 0.15) is 60.8 Å². The molecule has 1 aliphatic carbocycles. The van der Waals surface area contributed by atoms with E-state index in [0.29, 0.717) is 11.8 Å². The molecule has 0 amide bonds. The standard InChI is InChI=1S/C15H30O2/c1-7-15(6)9-13(16)12(14(4,5)17)8-11(15)10(2)3/h10-13,16-17H,7-9H2,1-6H3/t11-,12-,13-,15-/m0/s1. The molecule has 0 saturated heterocycles. The van der Waals surface area contributed by atoms with Crippen LogP contribution in [0.5, 0.6) is 0 Å². The Morgan fingerprint density at radius 1 is 1.35 bits per heavy atom. The summed E-state index contributed by atoms with van der Waals surface area (Å²) in [6.45, 7) is 12.7. The summed E-state index contributed by atoms with van der Waals surface area (Å²) in [7, 11) is 0. The van der Waals surface area contributed by atoms with Crippen LogP contribution in [0, 0.1) is 23.2 Å². The van der Waals surface area contributed by atoms with Gasteiger partial charge in [-0.25, -0.2) is 0 Å². The van der Waals surface area contributed by atoms with Gasteiger partial charge in [-0.1, -0.05) is 34.1 Å². The smallest absolute Gasteiger partial charge is 0.0644 e. The van der Waals surface area contributed by atoms with E-state index in [2.05, 4.69) is 27.7 Å². The predicted molar refractivity (Wildman–Crippen MR) is 71.8 cm³/mol. The van der Waals surface area contributed by atoms with Gasteiger partial charge in [0.15, 0.2) is 0 Å². The Labute approximate surface area is 106 Å². The molecule has 0 radical (unpaired) electrons. The quantitative estimate of drug-likeness (QED) is 0.798. The molecule has 0 spiro atoms. The van der Waals surface area contributed by atoms with E-state index in [1.54, 1.807) is 0 Å². The van der Waals surface area contributed by atoms with Gasteiger partial charge in [-0.15, -0.1) is 0 Å². The van der Waals surface area contributed by atoms with Crippen molar-refractivity contribution in [2.24, 2.45) is 23.2 Å². The zero-order chi connectivity index (χ0) is 13.4. The number of aliphatic hydroxyl groups is 2. The summed E-state index contributed by atoms with van der Waals surface area (Å²) in [6.07, 6.45) is 2.49. The van der Waals surface area contributed by atoms with Crippen molar-refractivity contribution >= 4 is 0 Å². The van der Waals surface area contributed by atoms with E-state index in [9.17, 15) is 10.2 Å². The van der Waals surface area contributed by atoms with Crippen molar-refractivity contribution in [2.75, 3.05) is 0 Å². The molecular formula is C15H30O2. The van der Waals surface area contributed by atoms with Crippen molar-refractivity contribution in [1.29, 1.82) is 0 Å². The molecule has 1 aliphatic rings. The first-order valence-electron chi connectivity index (χ1n) is 7.02. The molecule has 17 heavy (non-hydrogen) atoms. The average Bonchev–Trinajstić information content (AvgIpc) is 2.14. The molecule has 102 valence electrons. The Balaban J connectivity index is 2.95. The van der Waals surface area contributed by atoms with Crippen LogP contribution >= 0.6 is 0 Å². The Hall–Kier alpha value is -0.0800. The molecule has 0 heterocycles. The minimum Gasteiger partial charge on any atom is -0.393 e. The third kappa shape index (κ3) is 3.03. The van der Waals surface area contributed by atoms with Gasteiger partial charge in [0.1, 0.15) is 0 Å². The summed E-state index contributed by atoms with van der Waals surface area (Å²) >= 11 is 0. The predicted octanol–water partition coefficient (Wildman–Crippen LogP) is 3.22. The third-order valence-corrected chi connectivity index (χ3v) is 5.06. The fraction of sp³-hybridized carbons (Fsp3) is 1.00. The van der Waals surface area contributed by atoms with Crippen molar-refractivity contribution in [3.05, 3.63) is 0 Å². The summed E-state index contributed by atoms with van der Waals surface area (Å²) < 4.78 is 0. The molecule has 2 heteroatoms. The van der Waals surface area contributed by atoms with Crippen LogP contribution < -0.4 is 0 Å². The van der Waals surface area contributed by atoms with Crippen molar-refractivity contribution < 1.29 is 10.2 Å². The topological polar surface area (TPSA) is 40.5 Å². The Bertz CT molecular complexity index is 254. The van der Waals surface area contributed by atoms with E-state index in [0.717, 1.165) is 19.3 Å². The van der Waals surface area contributed by atoms with Crippen molar-refractivity contribution in [3.63, 3.8) is 0 Å². The molecule has 2 nitrogen and oxygen atoms in total. The summed E-state index contributed by atoms with van der Waals surface area (Å²) in [6, 6.07) is 0. The molecule has 4 atom stereocenters. The normalized spacial score (nSPS) is 39.7. The van der Waals surface area contributed by atoms with Crippen LogP contribution in [-0.2, 0) is 0 Å². The first-order chi connectivity index (χ1) is 7.62. The van der Waals surface area contributed by atoms with Crippen LogP contribution in [0.25, 0.3) is 0 Å². The van der Waals surface area contributed by atoms with Crippen LogP contribution in [0.4, 0.5) is 0 Å². The molecule has 0 aromatic carbocycles. The SMILES string of the molecule is CC[C@@]1(C)C[C@H](O)[C@@H](C(C)(C)O)C[C@H]1C(C)C. The second-order valence-corrected chi connectivity index (χ2v) is 7.13. The molecule has 0 unspecified atom stereocenters. The van der Waals surface area contributed by atoms with Crippen molar-refractivity contribution in [2.45, 2.75) is 72.5 Å². The monoisotopic (exact) mass is 242 g/mol. The Morgan fingerprint density at radius 2 is 1.88 bits per heavy atom. The number of rotatable bonds is 3. The van der Waals surface area contributed by atoms with E-state index in [-0.39, 0.29) is 17.4 Å². The molecular weight excluding hydrogens is 212 g/mol. The molecule has 0 aromatic heterocycles. The van der Waals surface area contributed by atoms with Gasteiger partial charge >= 0.3 is 0 Å². The lowest BCUT2D eigenvalue weighted by molar-refractivity contribution is -0.120. The van der Waals surface area contributed by atoms with Crippen molar-refractivity contribution in [3.8, 4) is 0 Å². The lowest BCUT2D eigenvalue weighted by Crippen LogP contribution is -2.50. The summed E-state index contributed by atoms with van der Waals surface area (Å²) in [5.74, 6) is 1.21. The Kier molecular flexibility index (Phi) is 4.31. The average molecular weight is 242 g/mol. The zero-order valence-corrected chi connectivity index (χ0v) is 12.3. The third-order valence-electron chi connectivity index (χ3n) is 5.06. The highest BCUT2D eigenvalue weighted by molar-refractivity contribution is 4.98. The van der Waals surface area contributed by atoms with Gasteiger partial charge in [-0.3, -0.25) is 0 Å². The van der Waals surface area contributed by atoms with E-state index < -0.39 is 5.60 Å². The molecule has 1 fully saturated rings. The molecule has 2 N–H and O–H groups in total. The van der Waals surface area contributed by atoms with Crippen LogP contribution in [0.2, 0.25) is 0 Å². The first-order valence-corrected chi connectivity index (χ1v) is 7.02. The minimum atomic E-state index is -0.776. The van der Waals surface area contributed by atoms with E-state index >= 15 is 0 Å². The number of aliphatic hydroxyl groups excluding tert-OH is 1. The van der Waals surface area contributed by atoms with Gasteiger partial charge < -0.3 is 10.2 Å². The Morgan fingerprint density at radius 3 is 2.24 bits per heavy atom. The fourth-order valence-corrected chi connectivity index (χ4v) is 3.73. The lowest BCUT2D eigenvalue weighted by Gasteiger charge is -2.51. The molecule has 0 aliphatic heterocycles. The minimum absolute atomic E-state index is 0.00882. The van der Waals surface area contributed by atoms with Gasteiger partial charge in [-0.2, -0.15) is 0 Å². The zero-order valence-electron chi connectivity index (χ0n) is 12.3. The van der Waals surface area contributed by atoms with E-state index in [4.69, 9.17) is 0 Å². The van der Waals surface area contributed by atoms with E-state index in [1.165, 1.54) is 0 Å². The fourth-order valence-electron chi connectivity index (χ4n) is 3.73.